The van der Waals surface area contributed by atoms with E-state index < -0.39 is 0 Å². The summed E-state index contributed by atoms with van der Waals surface area (Å²) in [7, 11) is 6.31. The molecule has 4 rings (SSSR count). The van der Waals surface area contributed by atoms with E-state index in [2.05, 4.69) is 103 Å². The lowest BCUT2D eigenvalue weighted by atomic mass is 9.96. The lowest BCUT2D eigenvalue weighted by Gasteiger charge is -2.43. The van der Waals surface area contributed by atoms with Crippen molar-refractivity contribution in [3.8, 4) is 0 Å². The summed E-state index contributed by atoms with van der Waals surface area (Å²) in [6.07, 6.45) is 4.17. The Kier molecular flexibility index (Phi) is 21.0. The van der Waals surface area contributed by atoms with Crippen molar-refractivity contribution in [3.63, 3.8) is 0 Å². The van der Waals surface area contributed by atoms with E-state index in [9.17, 15) is 9.59 Å². The van der Waals surface area contributed by atoms with Crippen molar-refractivity contribution in [1.82, 2.24) is 40.0 Å². The van der Waals surface area contributed by atoms with Gasteiger partial charge in [0.2, 0.25) is 11.8 Å². The predicted molar refractivity (Wildman–Crippen MR) is 205 cm³/mol. The fraction of sp³-hybridized carbons (Fsp3) is 0.947. The van der Waals surface area contributed by atoms with Gasteiger partial charge in [0.25, 0.3) is 0 Å². The Labute approximate surface area is 297 Å². The molecule has 0 saturated carbocycles. The largest absolute Gasteiger partial charge is 0.354 e. The highest BCUT2D eigenvalue weighted by atomic mass is 16.2. The number of hydrogen-bond acceptors (Lipinski definition) is 8. The monoisotopic (exact) mass is 681 g/mol. The van der Waals surface area contributed by atoms with Gasteiger partial charge < -0.3 is 20.4 Å². The molecule has 0 aromatic rings. The maximum atomic E-state index is 11.6. The molecule has 0 radical (unpaired) electrons. The molecule has 0 unspecified atom stereocenters. The Morgan fingerprint density at radius 2 is 0.979 bits per heavy atom. The molecule has 10 nitrogen and oxygen atoms in total. The molecule has 4 fully saturated rings. The summed E-state index contributed by atoms with van der Waals surface area (Å²) in [5.74, 6) is 0.673. The van der Waals surface area contributed by atoms with Crippen molar-refractivity contribution in [2.75, 3.05) is 93.1 Å². The number of piperazine rings is 2. The zero-order chi connectivity index (χ0) is 36.6. The number of nitrogens with one attached hydrogen (secondary N) is 2. The third-order valence-electron chi connectivity index (χ3n) is 10.0. The van der Waals surface area contributed by atoms with Crippen LogP contribution in [0.25, 0.3) is 0 Å². The summed E-state index contributed by atoms with van der Waals surface area (Å²) in [4.78, 5) is 37.5. The molecule has 0 aliphatic carbocycles. The van der Waals surface area contributed by atoms with Crippen LogP contribution in [0.2, 0.25) is 0 Å². The minimum absolute atomic E-state index is 0.118. The number of carbonyl (C=O) groups excluding carboxylic acids is 2. The fourth-order valence-electron chi connectivity index (χ4n) is 6.54. The first-order chi connectivity index (χ1) is 22.3. The van der Waals surface area contributed by atoms with Crippen molar-refractivity contribution in [2.24, 2.45) is 5.92 Å². The topological polar surface area (TPSA) is 77.6 Å². The average Bonchev–Trinajstić information content (AvgIpc) is 3.43. The van der Waals surface area contributed by atoms with E-state index in [0.29, 0.717) is 11.6 Å². The highest BCUT2D eigenvalue weighted by molar-refractivity contribution is 5.82. The van der Waals surface area contributed by atoms with Crippen LogP contribution >= 0.6 is 0 Å². The average molecular weight is 681 g/mol. The summed E-state index contributed by atoms with van der Waals surface area (Å²) in [5.41, 5.74) is 0.350. The van der Waals surface area contributed by atoms with Gasteiger partial charge in [-0.25, -0.2) is 0 Å². The molecule has 0 aromatic heterocycles. The number of likely N-dealkylation sites (N-methyl/N-ethyl adjacent to an activating group) is 2. The molecule has 2 amide bonds. The van der Waals surface area contributed by atoms with Gasteiger partial charge in [-0.3, -0.25) is 29.2 Å². The molecule has 4 aliphatic heterocycles. The molecule has 0 aromatic carbocycles. The summed E-state index contributed by atoms with van der Waals surface area (Å²) < 4.78 is 0. The number of nitrogens with zero attached hydrogens (tertiary/aromatic N) is 6. The molecule has 0 bridgehead atoms. The molecule has 4 saturated heterocycles. The van der Waals surface area contributed by atoms with Crippen LogP contribution in [0, 0.1) is 5.92 Å². The minimum atomic E-state index is 0.118. The first kappa shape index (κ1) is 44.7. The van der Waals surface area contributed by atoms with Gasteiger partial charge in [0.05, 0.1) is 6.04 Å². The molecule has 2 N–H and O–H groups in total. The Morgan fingerprint density at radius 1 is 0.562 bits per heavy atom. The van der Waals surface area contributed by atoms with Crippen molar-refractivity contribution in [2.45, 2.75) is 138 Å². The van der Waals surface area contributed by atoms with Crippen molar-refractivity contribution in [1.29, 1.82) is 0 Å². The Hall–Kier alpha value is -1.30. The molecule has 4 aliphatic rings. The standard InChI is InChI=1S/C11H24N2.C10H20N2O.C9H18N2O.C8H18N2/c1-10(2)12-6-8-13(9-7-12)11(3,4)5;1-8(2)11-10(13)9-4-6-12(3)7-5-9;1-7(2)10-9(12)8-5-4-6-11(8)3;1-8(2)10-6-4-9(3)5-7-10/h10H,6-9H2,1-5H3;8-9H,4-7H2,1-3H3,(H,11,13);7-8H,4-6H2,1-3H3,(H,10,12);8H,4-7H2,1-3H3/t;;8-;/m..1./s1. The molecule has 10 heteroatoms. The van der Waals surface area contributed by atoms with Gasteiger partial charge in [-0.2, -0.15) is 0 Å². The van der Waals surface area contributed by atoms with Crippen LogP contribution in [0.15, 0.2) is 0 Å². The van der Waals surface area contributed by atoms with Gasteiger partial charge >= 0.3 is 0 Å². The zero-order valence-corrected chi connectivity index (χ0v) is 34.1. The van der Waals surface area contributed by atoms with Crippen LogP contribution in [-0.4, -0.2) is 170 Å². The van der Waals surface area contributed by atoms with E-state index in [-0.39, 0.29) is 35.9 Å². The SMILES string of the molecule is CC(C)N1CCN(C(C)(C)C)CC1.CC(C)N1CCN(C)CC1.CC(C)NC(=O)C1CCN(C)CC1.CC(C)NC(=O)[C@H]1CCCN1C. The summed E-state index contributed by atoms with van der Waals surface area (Å²) >= 11 is 0. The lowest BCUT2D eigenvalue weighted by molar-refractivity contribution is -0.127. The first-order valence-corrected chi connectivity index (χ1v) is 19.2. The molecular weight excluding hydrogens is 600 g/mol. The maximum Gasteiger partial charge on any atom is 0.237 e. The maximum absolute atomic E-state index is 11.6. The van der Waals surface area contributed by atoms with Gasteiger partial charge in [0.1, 0.15) is 0 Å². The van der Waals surface area contributed by atoms with E-state index in [4.69, 9.17) is 0 Å². The van der Waals surface area contributed by atoms with Crippen LogP contribution in [0.3, 0.4) is 0 Å². The molecule has 0 spiro atoms. The minimum Gasteiger partial charge on any atom is -0.354 e. The zero-order valence-electron chi connectivity index (χ0n) is 34.1. The van der Waals surface area contributed by atoms with E-state index in [1.807, 2.05) is 34.7 Å². The summed E-state index contributed by atoms with van der Waals surface area (Å²) in [6.45, 7) is 37.0. The smallest absolute Gasteiger partial charge is 0.237 e. The molecule has 48 heavy (non-hydrogen) atoms. The normalized spacial score (nSPS) is 22.9. The second-order valence-electron chi connectivity index (χ2n) is 16.8. The van der Waals surface area contributed by atoms with Crippen molar-refractivity contribution < 1.29 is 9.59 Å². The number of likely N-dealkylation sites (tertiary alicyclic amines) is 2. The highest BCUT2D eigenvalue weighted by Crippen LogP contribution is 2.17. The Bertz CT molecular complexity index is 866. The van der Waals surface area contributed by atoms with Crippen LogP contribution in [-0.2, 0) is 9.59 Å². The van der Waals surface area contributed by atoms with Gasteiger partial charge in [-0.15, -0.1) is 0 Å². The molecule has 4 heterocycles. The Balaban J connectivity index is 0.000000321. The van der Waals surface area contributed by atoms with Gasteiger partial charge in [-0.1, -0.05) is 0 Å². The van der Waals surface area contributed by atoms with E-state index >= 15 is 0 Å². The Morgan fingerprint density at radius 3 is 1.35 bits per heavy atom. The summed E-state index contributed by atoms with van der Waals surface area (Å²) in [5, 5.41) is 5.90. The van der Waals surface area contributed by atoms with Crippen LogP contribution in [0.4, 0.5) is 0 Å². The second kappa shape index (κ2) is 22.5. The first-order valence-electron chi connectivity index (χ1n) is 19.2. The van der Waals surface area contributed by atoms with Crippen LogP contribution < -0.4 is 10.6 Å². The molecule has 1 atom stereocenters. The van der Waals surface area contributed by atoms with Gasteiger partial charge in [-0.05, 0) is 143 Å². The van der Waals surface area contributed by atoms with Gasteiger partial charge in [0.15, 0.2) is 0 Å². The van der Waals surface area contributed by atoms with Crippen molar-refractivity contribution >= 4 is 11.8 Å². The van der Waals surface area contributed by atoms with E-state index in [0.717, 1.165) is 51.4 Å². The fourth-order valence-corrected chi connectivity index (χ4v) is 6.54. The van der Waals surface area contributed by atoms with Gasteiger partial charge in [0, 0.05) is 88.0 Å². The number of rotatable bonds is 6. The van der Waals surface area contributed by atoms with Crippen LogP contribution in [0.1, 0.15) is 102 Å². The predicted octanol–water partition coefficient (Wildman–Crippen LogP) is 3.91. The van der Waals surface area contributed by atoms with E-state index in [1.54, 1.807) is 0 Å². The quantitative estimate of drug-likeness (QED) is 0.438. The number of hydrogen-bond donors (Lipinski definition) is 2. The van der Waals surface area contributed by atoms with E-state index in [1.165, 1.54) is 52.4 Å². The third kappa shape index (κ3) is 18.1. The highest BCUT2D eigenvalue weighted by Gasteiger charge is 2.28. The number of amides is 2. The number of piperidine rings is 1. The summed E-state index contributed by atoms with van der Waals surface area (Å²) in [6, 6.07) is 2.09. The molecular formula is C38H80N8O2. The van der Waals surface area contributed by atoms with Crippen molar-refractivity contribution in [3.05, 3.63) is 0 Å². The second-order valence-corrected chi connectivity index (χ2v) is 16.8. The lowest BCUT2D eigenvalue weighted by Crippen LogP contribution is -2.54. The van der Waals surface area contributed by atoms with Crippen LogP contribution in [0.5, 0.6) is 0 Å². The third-order valence-corrected chi connectivity index (χ3v) is 10.0. The number of carbonyl (C=O) groups is 2. The molecule has 284 valence electrons.